The molecule has 2 amide bonds. The second-order valence-corrected chi connectivity index (χ2v) is 11.7. The van der Waals surface area contributed by atoms with E-state index in [9.17, 15) is 4.79 Å². The summed E-state index contributed by atoms with van der Waals surface area (Å²) in [6.07, 6.45) is 12.5. The van der Waals surface area contributed by atoms with Gasteiger partial charge in [-0.25, -0.2) is 4.79 Å². The Kier molecular flexibility index (Phi) is 4.68. The molecule has 4 heteroatoms. The summed E-state index contributed by atoms with van der Waals surface area (Å²) in [5, 5.41) is 3.25. The number of carbonyl (C=O) groups is 1. The van der Waals surface area contributed by atoms with Crippen molar-refractivity contribution in [1.29, 1.82) is 0 Å². The quantitative estimate of drug-likeness (QED) is 0.746. The van der Waals surface area contributed by atoms with E-state index in [0.717, 1.165) is 29.6 Å². The number of likely N-dealkylation sites (tertiary alicyclic amines) is 1. The lowest BCUT2D eigenvalue weighted by molar-refractivity contribution is 0.0382. The predicted octanol–water partition coefficient (Wildman–Crippen LogP) is 4.95. The van der Waals surface area contributed by atoms with E-state index in [0.29, 0.717) is 5.41 Å². The van der Waals surface area contributed by atoms with E-state index in [-0.39, 0.29) is 12.1 Å². The highest BCUT2D eigenvalue weighted by molar-refractivity contribution is 5.74. The highest BCUT2D eigenvalue weighted by atomic mass is 16.2. The Labute approximate surface area is 187 Å². The molecule has 5 aliphatic rings. The van der Waals surface area contributed by atoms with Crippen molar-refractivity contribution in [3.63, 3.8) is 0 Å². The molecule has 6 rings (SSSR count). The Hall–Kier alpha value is -1.55. The predicted molar refractivity (Wildman–Crippen MR) is 124 cm³/mol. The maximum absolute atomic E-state index is 12.3. The van der Waals surface area contributed by atoms with Crippen molar-refractivity contribution in [3.8, 4) is 0 Å². The van der Waals surface area contributed by atoms with Gasteiger partial charge in [-0.05, 0) is 117 Å². The Balaban J connectivity index is 1.08. The Bertz CT molecular complexity index is 856. The summed E-state index contributed by atoms with van der Waals surface area (Å²) in [5.74, 6) is 3.29. The molecule has 1 aromatic carbocycles. The van der Waals surface area contributed by atoms with E-state index in [1.165, 1.54) is 56.4 Å². The number of piperidine rings is 1. The molecule has 31 heavy (non-hydrogen) atoms. The standard InChI is InChI=1S/C27H39N3O/c1-29(2)25(31)28-24-9-11-26(23-6-4-3-5-21(23)24)12-15-30(16-13-26)14-10-19-17-27-18-20(27)7-8-22(19)27/h3-6,19-20,22,24H,7-18H2,1-2H3,(H,28,31). The number of hydrogen-bond donors (Lipinski definition) is 1. The SMILES string of the molecule is CN(C)C(=O)NC1CCC2(CCN(CCC3CC45CC4CCC35)CC2)c2ccccc21. The minimum Gasteiger partial charge on any atom is -0.331 e. The molecule has 0 aromatic heterocycles. The first-order valence-corrected chi connectivity index (χ1v) is 12.8. The minimum atomic E-state index is 0.0168. The van der Waals surface area contributed by atoms with Crippen LogP contribution in [-0.4, -0.2) is 49.6 Å². The van der Waals surface area contributed by atoms with Crippen molar-refractivity contribution in [2.75, 3.05) is 33.7 Å². The van der Waals surface area contributed by atoms with Crippen molar-refractivity contribution in [3.05, 3.63) is 35.4 Å². The minimum absolute atomic E-state index is 0.0168. The number of benzene rings is 1. The third kappa shape index (κ3) is 3.15. The number of amides is 2. The van der Waals surface area contributed by atoms with E-state index in [4.69, 9.17) is 0 Å². The van der Waals surface area contributed by atoms with Crippen LogP contribution in [-0.2, 0) is 5.41 Å². The number of nitrogens with one attached hydrogen (secondary N) is 1. The molecule has 4 aliphatic carbocycles. The number of urea groups is 1. The van der Waals surface area contributed by atoms with E-state index in [1.807, 2.05) is 14.1 Å². The van der Waals surface area contributed by atoms with Gasteiger partial charge in [0.25, 0.3) is 0 Å². The highest BCUT2D eigenvalue weighted by Crippen LogP contribution is 2.78. The lowest BCUT2D eigenvalue weighted by Crippen LogP contribution is -2.48. The molecule has 0 radical (unpaired) electrons. The number of rotatable bonds is 4. The van der Waals surface area contributed by atoms with Crippen molar-refractivity contribution < 1.29 is 4.79 Å². The molecule has 1 heterocycles. The zero-order valence-electron chi connectivity index (χ0n) is 19.4. The first kappa shape index (κ1) is 20.1. The molecular formula is C27H39N3O. The summed E-state index contributed by atoms with van der Waals surface area (Å²) in [6, 6.07) is 9.10. The zero-order chi connectivity index (χ0) is 21.2. The Morgan fingerprint density at radius 1 is 1.10 bits per heavy atom. The van der Waals surface area contributed by atoms with Gasteiger partial charge in [0.05, 0.1) is 6.04 Å². The maximum Gasteiger partial charge on any atom is 0.317 e. The second-order valence-electron chi connectivity index (χ2n) is 11.7. The van der Waals surface area contributed by atoms with Crippen LogP contribution in [0.25, 0.3) is 0 Å². The third-order valence-corrected chi connectivity index (χ3v) is 10.2. The van der Waals surface area contributed by atoms with Crippen LogP contribution in [0.1, 0.15) is 75.0 Å². The van der Waals surface area contributed by atoms with Crippen LogP contribution in [0, 0.1) is 23.2 Å². The number of fused-ring (bicyclic) bond motifs is 2. The Morgan fingerprint density at radius 2 is 1.90 bits per heavy atom. The first-order valence-electron chi connectivity index (χ1n) is 12.8. The molecule has 5 atom stereocenters. The monoisotopic (exact) mass is 421 g/mol. The molecule has 4 nitrogen and oxygen atoms in total. The van der Waals surface area contributed by atoms with Crippen molar-refractivity contribution >= 4 is 6.03 Å². The molecule has 168 valence electrons. The van der Waals surface area contributed by atoms with E-state index < -0.39 is 0 Å². The molecule has 1 aromatic rings. The molecular weight excluding hydrogens is 382 g/mol. The fourth-order valence-corrected chi connectivity index (χ4v) is 8.29. The van der Waals surface area contributed by atoms with Crippen LogP contribution < -0.4 is 5.32 Å². The van der Waals surface area contributed by atoms with Gasteiger partial charge in [-0.1, -0.05) is 24.3 Å². The van der Waals surface area contributed by atoms with Crippen LogP contribution in [0.4, 0.5) is 4.79 Å². The molecule has 1 aliphatic heterocycles. The number of nitrogens with zero attached hydrogens (tertiary/aromatic N) is 2. The smallest absolute Gasteiger partial charge is 0.317 e. The van der Waals surface area contributed by atoms with Crippen LogP contribution in [0.2, 0.25) is 0 Å². The van der Waals surface area contributed by atoms with Crippen LogP contribution >= 0.6 is 0 Å². The number of carbonyl (C=O) groups excluding carboxylic acids is 1. The van der Waals surface area contributed by atoms with Gasteiger partial charge in [-0.3, -0.25) is 0 Å². The molecule has 3 saturated carbocycles. The van der Waals surface area contributed by atoms with Gasteiger partial charge in [-0.15, -0.1) is 0 Å². The van der Waals surface area contributed by atoms with E-state index >= 15 is 0 Å². The molecule has 5 unspecified atom stereocenters. The molecule has 2 spiro atoms. The zero-order valence-corrected chi connectivity index (χ0v) is 19.4. The summed E-state index contributed by atoms with van der Waals surface area (Å²) in [6.45, 7) is 3.81. The van der Waals surface area contributed by atoms with Crippen LogP contribution in [0.5, 0.6) is 0 Å². The second kappa shape index (κ2) is 7.23. The molecule has 0 bridgehead atoms. The van der Waals surface area contributed by atoms with Gasteiger partial charge in [0.15, 0.2) is 0 Å². The van der Waals surface area contributed by atoms with Gasteiger partial charge < -0.3 is 15.1 Å². The summed E-state index contributed by atoms with van der Waals surface area (Å²) >= 11 is 0. The highest BCUT2D eigenvalue weighted by Gasteiger charge is 2.70. The lowest BCUT2D eigenvalue weighted by Gasteiger charge is -2.48. The summed E-state index contributed by atoms with van der Waals surface area (Å²) < 4.78 is 0. The van der Waals surface area contributed by atoms with Gasteiger partial charge in [-0.2, -0.15) is 0 Å². The third-order valence-electron chi connectivity index (χ3n) is 10.2. The van der Waals surface area contributed by atoms with Gasteiger partial charge in [0, 0.05) is 14.1 Å². The summed E-state index contributed by atoms with van der Waals surface area (Å²) in [7, 11) is 3.64. The summed E-state index contributed by atoms with van der Waals surface area (Å²) in [4.78, 5) is 16.7. The van der Waals surface area contributed by atoms with E-state index in [2.05, 4.69) is 34.5 Å². The van der Waals surface area contributed by atoms with Crippen LogP contribution in [0.3, 0.4) is 0 Å². The summed E-state index contributed by atoms with van der Waals surface area (Å²) in [5.41, 5.74) is 4.06. The number of hydrogen-bond acceptors (Lipinski definition) is 2. The largest absolute Gasteiger partial charge is 0.331 e. The van der Waals surface area contributed by atoms with Gasteiger partial charge in [0.1, 0.15) is 0 Å². The van der Waals surface area contributed by atoms with Crippen molar-refractivity contribution in [2.24, 2.45) is 23.2 Å². The topological polar surface area (TPSA) is 35.6 Å². The Morgan fingerprint density at radius 3 is 2.65 bits per heavy atom. The lowest BCUT2D eigenvalue weighted by atomic mass is 9.61. The first-order chi connectivity index (χ1) is 15.0. The maximum atomic E-state index is 12.3. The average Bonchev–Trinajstić information content (AvgIpc) is 3.43. The van der Waals surface area contributed by atoms with Crippen LogP contribution in [0.15, 0.2) is 24.3 Å². The average molecular weight is 422 g/mol. The van der Waals surface area contributed by atoms with Gasteiger partial charge >= 0.3 is 6.03 Å². The van der Waals surface area contributed by atoms with Crippen molar-refractivity contribution in [1.82, 2.24) is 15.1 Å². The fourth-order valence-electron chi connectivity index (χ4n) is 8.29. The van der Waals surface area contributed by atoms with Crippen molar-refractivity contribution in [2.45, 2.75) is 69.2 Å². The molecule has 1 N–H and O–H groups in total. The normalized spacial score (nSPS) is 37.4. The molecule has 1 saturated heterocycles. The van der Waals surface area contributed by atoms with Gasteiger partial charge in [0.2, 0.25) is 0 Å². The molecule has 4 fully saturated rings. The van der Waals surface area contributed by atoms with E-state index in [1.54, 1.807) is 30.6 Å². The fraction of sp³-hybridized carbons (Fsp3) is 0.741.